The molecule has 1 fully saturated rings. The van der Waals surface area contributed by atoms with Crippen molar-refractivity contribution >= 4 is 0 Å². The van der Waals surface area contributed by atoms with Crippen molar-refractivity contribution in [2.24, 2.45) is 5.92 Å². The van der Waals surface area contributed by atoms with E-state index in [1.165, 1.54) is 12.0 Å². The average Bonchev–Trinajstić information content (AvgIpc) is 2.85. The lowest BCUT2D eigenvalue weighted by Crippen LogP contribution is -2.56. The molecule has 2 aliphatic rings. The molecule has 0 aliphatic carbocycles. The maximum absolute atomic E-state index is 5.85. The van der Waals surface area contributed by atoms with Gasteiger partial charge < -0.3 is 10.1 Å². The van der Waals surface area contributed by atoms with Gasteiger partial charge in [0.05, 0.1) is 6.61 Å². The second kappa shape index (κ2) is 6.37. The summed E-state index contributed by atoms with van der Waals surface area (Å²) in [6, 6.07) is 9.78. The van der Waals surface area contributed by atoms with E-state index in [0.717, 1.165) is 37.9 Å². The van der Waals surface area contributed by atoms with Gasteiger partial charge in [-0.1, -0.05) is 32.0 Å². The van der Waals surface area contributed by atoms with Crippen molar-refractivity contribution in [1.29, 1.82) is 0 Å². The second-order valence-electron chi connectivity index (χ2n) is 7.09. The van der Waals surface area contributed by atoms with E-state index in [-0.39, 0.29) is 0 Å². The van der Waals surface area contributed by atoms with Gasteiger partial charge in [-0.05, 0) is 25.3 Å². The highest BCUT2D eigenvalue weighted by Gasteiger charge is 2.31. The highest BCUT2D eigenvalue weighted by molar-refractivity contribution is 5.39. The Kier molecular flexibility index (Phi) is 4.51. The Balaban J connectivity index is 1.69. The van der Waals surface area contributed by atoms with Crippen LogP contribution < -0.4 is 10.1 Å². The van der Waals surface area contributed by atoms with Crippen molar-refractivity contribution in [3.63, 3.8) is 0 Å². The van der Waals surface area contributed by atoms with Gasteiger partial charge in [-0.25, -0.2) is 0 Å². The first kappa shape index (κ1) is 14.9. The van der Waals surface area contributed by atoms with Crippen LogP contribution in [0.3, 0.4) is 0 Å². The topological polar surface area (TPSA) is 24.5 Å². The number of hydrogen-bond donors (Lipinski definition) is 1. The van der Waals surface area contributed by atoms with Crippen molar-refractivity contribution < 1.29 is 4.74 Å². The maximum atomic E-state index is 5.85. The summed E-state index contributed by atoms with van der Waals surface area (Å²) >= 11 is 0. The zero-order valence-corrected chi connectivity index (χ0v) is 13.5. The molecule has 0 spiro atoms. The predicted octanol–water partition coefficient (Wildman–Crippen LogP) is 2.87. The normalized spacial score (nSPS) is 29.4. The summed E-state index contributed by atoms with van der Waals surface area (Å²) in [6.45, 7) is 11.2. The molecule has 21 heavy (non-hydrogen) atoms. The number of benzene rings is 1. The summed E-state index contributed by atoms with van der Waals surface area (Å²) in [4.78, 5) is 2.69. The molecule has 3 rings (SSSR count). The molecule has 3 atom stereocenters. The molecule has 2 aliphatic heterocycles. The highest BCUT2D eigenvalue weighted by Crippen LogP contribution is 2.34. The molecule has 0 bridgehead atoms. The Morgan fingerprint density at radius 2 is 2.14 bits per heavy atom. The van der Waals surface area contributed by atoms with E-state index < -0.39 is 0 Å². The summed E-state index contributed by atoms with van der Waals surface area (Å²) in [7, 11) is 0. The minimum absolute atomic E-state index is 0.529. The molecule has 2 heterocycles. The van der Waals surface area contributed by atoms with Crippen LogP contribution in [0, 0.1) is 5.92 Å². The second-order valence-corrected chi connectivity index (χ2v) is 7.09. The fourth-order valence-electron chi connectivity index (χ4n) is 3.70. The average molecular weight is 288 g/mol. The Morgan fingerprint density at radius 3 is 2.95 bits per heavy atom. The molecule has 0 saturated carbocycles. The van der Waals surface area contributed by atoms with Crippen molar-refractivity contribution in [3.8, 4) is 5.75 Å². The highest BCUT2D eigenvalue weighted by atomic mass is 16.5. The number of nitrogens with zero attached hydrogens (tertiary/aromatic N) is 1. The van der Waals surface area contributed by atoms with Gasteiger partial charge in [0.2, 0.25) is 0 Å². The number of fused-ring (bicyclic) bond motifs is 1. The van der Waals surface area contributed by atoms with Crippen LogP contribution in [0.2, 0.25) is 0 Å². The lowest BCUT2D eigenvalue weighted by atomic mass is 9.95. The molecule has 116 valence electrons. The van der Waals surface area contributed by atoms with E-state index in [4.69, 9.17) is 4.74 Å². The number of para-hydroxylation sites is 1. The third-order valence-electron chi connectivity index (χ3n) is 4.72. The Labute approximate surface area is 128 Å². The van der Waals surface area contributed by atoms with Gasteiger partial charge >= 0.3 is 0 Å². The molecular formula is C18H28N2O. The van der Waals surface area contributed by atoms with Crippen molar-refractivity contribution in [1.82, 2.24) is 10.2 Å². The first-order valence-corrected chi connectivity index (χ1v) is 8.32. The van der Waals surface area contributed by atoms with Gasteiger partial charge in [-0.3, -0.25) is 4.90 Å². The van der Waals surface area contributed by atoms with Crippen LogP contribution in [0.5, 0.6) is 5.75 Å². The zero-order chi connectivity index (χ0) is 14.8. The van der Waals surface area contributed by atoms with Gasteiger partial charge in [0.1, 0.15) is 5.75 Å². The zero-order valence-electron chi connectivity index (χ0n) is 13.5. The number of ether oxygens (including phenoxy) is 1. The third-order valence-corrected chi connectivity index (χ3v) is 4.72. The van der Waals surface area contributed by atoms with E-state index in [2.05, 4.69) is 55.3 Å². The summed E-state index contributed by atoms with van der Waals surface area (Å²) in [5.41, 5.74) is 1.40. The summed E-state index contributed by atoms with van der Waals surface area (Å²) in [5.74, 6) is 2.37. The van der Waals surface area contributed by atoms with Gasteiger partial charge in [-0.15, -0.1) is 0 Å². The van der Waals surface area contributed by atoms with Gasteiger partial charge in [-0.2, -0.15) is 0 Å². The van der Waals surface area contributed by atoms with Crippen LogP contribution in [0.4, 0.5) is 0 Å². The minimum atomic E-state index is 0.529. The van der Waals surface area contributed by atoms with Crippen LogP contribution >= 0.6 is 0 Å². The molecule has 1 aromatic carbocycles. The van der Waals surface area contributed by atoms with E-state index in [1.807, 2.05) is 0 Å². The van der Waals surface area contributed by atoms with E-state index in [0.29, 0.717) is 18.0 Å². The van der Waals surface area contributed by atoms with Crippen LogP contribution in [-0.4, -0.2) is 43.2 Å². The fourth-order valence-corrected chi connectivity index (χ4v) is 3.70. The fraction of sp³-hybridized carbons (Fsp3) is 0.667. The number of rotatable bonds is 4. The van der Waals surface area contributed by atoms with Crippen molar-refractivity contribution in [3.05, 3.63) is 29.8 Å². The standard InChI is InChI=1S/C18H28N2O/c1-13(2)8-16-9-19-14(3)10-20(16)11-15-12-21-18-7-5-4-6-17(15)18/h4-7,13-16,19H,8-12H2,1-3H3. The van der Waals surface area contributed by atoms with E-state index >= 15 is 0 Å². The lowest BCUT2D eigenvalue weighted by molar-refractivity contribution is 0.107. The Morgan fingerprint density at radius 1 is 1.33 bits per heavy atom. The van der Waals surface area contributed by atoms with Crippen LogP contribution in [-0.2, 0) is 0 Å². The molecule has 0 amide bonds. The van der Waals surface area contributed by atoms with Gasteiger partial charge in [0, 0.05) is 43.2 Å². The molecule has 1 saturated heterocycles. The molecule has 0 radical (unpaired) electrons. The number of nitrogens with one attached hydrogen (secondary N) is 1. The summed E-state index contributed by atoms with van der Waals surface area (Å²) in [5, 5.41) is 3.64. The van der Waals surface area contributed by atoms with Crippen molar-refractivity contribution in [2.75, 3.05) is 26.2 Å². The first-order valence-electron chi connectivity index (χ1n) is 8.32. The van der Waals surface area contributed by atoms with Crippen LogP contribution in [0.15, 0.2) is 24.3 Å². The van der Waals surface area contributed by atoms with E-state index in [1.54, 1.807) is 0 Å². The van der Waals surface area contributed by atoms with Crippen LogP contribution in [0.1, 0.15) is 38.7 Å². The Hall–Kier alpha value is -1.06. The molecule has 3 unspecified atom stereocenters. The van der Waals surface area contributed by atoms with Gasteiger partial charge in [0.15, 0.2) is 0 Å². The molecule has 1 aromatic rings. The third kappa shape index (κ3) is 3.41. The summed E-state index contributed by atoms with van der Waals surface area (Å²) in [6.07, 6.45) is 1.27. The molecule has 1 N–H and O–H groups in total. The van der Waals surface area contributed by atoms with E-state index in [9.17, 15) is 0 Å². The molecule has 3 nitrogen and oxygen atoms in total. The smallest absolute Gasteiger partial charge is 0.122 e. The quantitative estimate of drug-likeness (QED) is 0.922. The minimum Gasteiger partial charge on any atom is -0.493 e. The largest absolute Gasteiger partial charge is 0.493 e. The number of hydrogen-bond acceptors (Lipinski definition) is 3. The molecular weight excluding hydrogens is 260 g/mol. The van der Waals surface area contributed by atoms with Gasteiger partial charge in [0.25, 0.3) is 0 Å². The van der Waals surface area contributed by atoms with Crippen LogP contribution in [0.25, 0.3) is 0 Å². The predicted molar refractivity (Wildman–Crippen MR) is 87.0 cm³/mol. The molecule has 0 aromatic heterocycles. The van der Waals surface area contributed by atoms with Crippen molar-refractivity contribution in [2.45, 2.75) is 45.2 Å². The lowest BCUT2D eigenvalue weighted by Gasteiger charge is -2.41. The SMILES string of the molecule is CC(C)CC1CNC(C)CN1CC1COc2ccccc21. The monoisotopic (exact) mass is 288 g/mol. The summed E-state index contributed by atoms with van der Waals surface area (Å²) < 4.78 is 5.85. The number of piperazine rings is 1. The Bertz CT molecular complexity index is 474. The maximum Gasteiger partial charge on any atom is 0.122 e. The molecule has 3 heteroatoms. The first-order chi connectivity index (χ1) is 10.1.